The van der Waals surface area contributed by atoms with E-state index in [1.165, 1.54) is 7.11 Å². The number of carbonyl (C=O) groups is 1. The maximum absolute atomic E-state index is 11.8. The van der Waals surface area contributed by atoms with E-state index in [4.69, 9.17) is 4.74 Å². The third-order valence-electron chi connectivity index (χ3n) is 4.49. The standard InChI is InChI=1S/C16H27N3O3S/c1-4-18(5-2)10-14-17-13(12-23-14)16(21)6-8-19(9-7-16)15(20)11-22-3/h12,21H,4-11H2,1-3H3. The van der Waals surface area contributed by atoms with Crippen LogP contribution in [-0.2, 0) is 21.7 Å². The molecular formula is C16H27N3O3S. The molecule has 0 unspecified atom stereocenters. The first-order valence-electron chi connectivity index (χ1n) is 8.18. The highest BCUT2D eigenvalue weighted by atomic mass is 32.1. The van der Waals surface area contributed by atoms with Crippen LogP contribution in [0.25, 0.3) is 0 Å². The van der Waals surface area contributed by atoms with Crippen LogP contribution in [0.1, 0.15) is 37.4 Å². The molecule has 1 aromatic rings. The summed E-state index contributed by atoms with van der Waals surface area (Å²) in [5.41, 5.74) is -0.162. The van der Waals surface area contributed by atoms with Crippen molar-refractivity contribution >= 4 is 17.2 Å². The summed E-state index contributed by atoms with van der Waals surface area (Å²) in [4.78, 5) is 20.5. The molecule has 1 aliphatic heterocycles. The molecule has 2 heterocycles. The Hall–Kier alpha value is -1.02. The monoisotopic (exact) mass is 341 g/mol. The molecule has 1 saturated heterocycles. The van der Waals surface area contributed by atoms with E-state index >= 15 is 0 Å². The molecule has 0 radical (unpaired) electrons. The van der Waals surface area contributed by atoms with Crippen LogP contribution in [0.3, 0.4) is 0 Å². The number of piperidine rings is 1. The highest BCUT2D eigenvalue weighted by Gasteiger charge is 2.37. The molecule has 0 atom stereocenters. The molecule has 7 heteroatoms. The first kappa shape index (κ1) is 18.3. The van der Waals surface area contributed by atoms with Crippen LogP contribution in [0.5, 0.6) is 0 Å². The number of ether oxygens (including phenoxy) is 1. The Kier molecular flexibility index (Phi) is 6.52. The van der Waals surface area contributed by atoms with Crippen LogP contribution >= 0.6 is 11.3 Å². The van der Waals surface area contributed by atoms with E-state index in [-0.39, 0.29) is 12.5 Å². The lowest BCUT2D eigenvalue weighted by atomic mass is 9.89. The van der Waals surface area contributed by atoms with Crippen molar-refractivity contribution in [2.24, 2.45) is 0 Å². The van der Waals surface area contributed by atoms with Crippen LogP contribution in [0.4, 0.5) is 0 Å². The Morgan fingerprint density at radius 3 is 2.65 bits per heavy atom. The van der Waals surface area contributed by atoms with Gasteiger partial charge in [-0.2, -0.15) is 0 Å². The van der Waals surface area contributed by atoms with Crippen LogP contribution in [-0.4, -0.2) is 65.7 Å². The van der Waals surface area contributed by atoms with Crippen LogP contribution in [0.15, 0.2) is 5.38 Å². The number of rotatable bonds is 7. The molecule has 23 heavy (non-hydrogen) atoms. The molecule has 1 N–H and O–H groups in total. The summed E-state index contributed by atoms with van der Waals surface area (Å²) in [7, 11) is 1.52. The fourth-order valence-electron chi connectivity index (χ4n) is 2.83. The fourth-order valence-corrected chi connectivity index (χ4v) is 3.76. The minimum absolute atomic E-state index is 0.0185. The van der Waals surface area contributed by atoms with Crippen molar-refractivity contribution in [3.8, 4) is 0 Å². The zero-order valence-corrected chi connectivity index (χ0v) is 15.1. The van der Waals surface area contributed by atoms with Crippen LogP contribution in [0.2, 0.25) is 0 Å². The van der Waals surface area contributed by atoms with Crippen molar-refractivity contribution in [2.45, 2.75) is 38.8 Å². The second-order valence-electron chi connectivity index (χ2n) is 5.93. The Morgan fingerprint density at radius 2 is 2.09 bits per heavy atom. The number of likely N-dealkylation sites (tertiary alicyclic amines) is 1. The summed E-state index contributed by atoms with van der Waals surface area (Å²) in [6.45, 7) is 8.27. The van der Waals surface area contributed by atoms with Crippen molar-refractivity contribution in [1.29, 1.82) is 0 Å². The molecule has 0 aromatic carbocycles. The summed E-state index contributed by atoms with van der Waals surface area (Å²) in [6, 6.07) is 0. The quantitative estimate of drug-likeness (QED) is 0.813. The third kappa shape index (κ3) is 4.50. The van der Waals surface area contributed by atoms with Gasteiger partial charge >= 0.3 is 0 Å². The van der Waals surface area contributed by atoms with E-state index in [0.29, 0.717) is 25.9 Å². The summed E-state index contributed by atoms with van der Waals surface area (Å²) in [5, 5.41) is 13.9. The minimum Gasteiger partial charge on any atom is -0.383 e. The van der Waals surface area contributed by atoms with E-state index in [1.807, 2.05) is 5.38 Å². The average molecular weight is 341 g/mol. The highest BCUT2D eigenvalue weighted by Crippen LogP contribution is 2.33. The topological polar surface area (TPSA) is 65.9 Å². The second-order valence-corrected chi connectivity index (χ2v) is 6.88. The number of thiazole rings is 1. The number of nitrogens with zero attached hydrogens (tertiary/aromatic N) is 3. The number of hydrogen-bond acceptors (Lipinski definition) is 6. The summed E-state index contributed by atoms with van der Waals surface area (Å²) in [5.74, 6) is -0.0185. The Labute approximate surface area is 142 Å². The predicted octanol–water partition coefficient (Wildman–Crippen LogP) is 1.44. The van der Waals surface area contributed by atoms with Crippen LogP contribution in [0, 0.1) is 0 Å². The van der Waals surface area contributed by atoms with Crippen molar-refractivity contribution in [3.63, 3.8) is 0 Å². The number of hydrogen-bond donors (Lipinski definition) is 1. The van der Waals surface area contributed by atoms with E-state index in [1.54, 1.807) is 16.2 Å². The molecule has 2 rings (SSSR count). The maximum Gasteiger partial charge on any atom is 0.248 e. The lowest BCUT2D eigenvalue weighted by Crippen LogP contribution is -2.46. The van der Waals surface area contributed by atoms with Gasteiger partial charge in [0.05, 0.1) is 12.2 Å². The molecule has 0 spiro atoms. The Balaban J connectivity index is 1.97. The Morgan fingerprint density at radius 1 is 1.43 bits per heavy atom. The summed E-state index contributed by atoms with van der Waals surface area (Å²) < 4.78 is 4.89. The largest absolute Gasteiger partial charge is 0.383 e. The normalized spacial score (nSPS) is 17.7. The number of methoxy groups -OCH3 is 1. The molecule has 0 bridgehead atoms. The van der Waals surface area contributed by atoms with Gasteiger partial charge in [-0.3, -0.25) is 9.69 Å². The SMILES string of the molecule is CCN(CC)Cc1nc(C2(O)CCN(C(=O)COC)CC2)cs1. The number of aliphatic hydroxyl groups is 1. The van der Waals surface area contributed by atoms with Gasteiger partial charge in [0.1, 0.15) is 17.2 Å². The molecule has 1 amide bonds. The molecule has 1 fully saturated rings. The van der Waals surface area contributed by atoms with Gasteiger partial charge in [0.2, 0.25) is 5.91 Å². The maximum atomic E-state index is 11.8. The van der Waals surface area contributed by atoms with Gasteiger partial charge in [-0.25, -0.2) is 4.98 Å². The lowest BCUT2D eigenvalue weighted by Gasteiger charge is -2.37. The first-order chi connectivity index (χ1) is 11.0. The second kappa shape index (κ2) is 8.19. The van der Waals surface area contributed by atoms with Crippen molar-refractivity contribution in [2.75, 3.05) is 39.9 Å². The van der Waals surface area contributed by atoms with Gasteiger partial charge < -0.3 is 14.7 Å². The van der Waals surface area contributed by atoms with E-state index in [9.17, 15) is 9.90 Å². The smallest absolute Gasteiger partial charge is 0.248 e. The first-order valence-corrected chi connectivity index (χ1v) is 9.06. The summed E-state index contributed by atoms with van der Waals surface area (Å²) in [6.07, 6.45) is 1.05. The molecule has 0 saturated carbocycles. The average Bonchev–Trinajstić information content (AvgIpc) is 3.03. The number of amides is 1. The Bertz CT molecular complexity index is 508. The van der Waals surface area contributed by atoms with Gasteiger partial charge in [-0.1, -0.05) is 13.8 Å². The molecule has 6 nitrogen and oxygen atoms in total. The number of aromatic nitrogens is 1. The molecule has 0 aliphatic carbocycles. The van der Waals surface area contributed by atoms with Crippen LogP contribution < -0.4 is 0 Å². The zero-order chi connectivity index (χ0) is 16.9. The predicted molar refractivity (Wildman–Crippen MR) is 90.3 cm³/mol. The third-order valence-corrected chi connectivity index (χ3v) is 5.33. The molecular weight excluding hydrogens is 314 g/mol. The van der Waals surface area contributed by atoms with E-state index in [0.717, 1.165) is 30.3 Å². The van der Waals surface area contributed by atoms with E-state index < -0.39 is 5.60 Å². The van der Waals surface area contributed by atoms with Crippen molar-refractivity contribution < 1.29 is 14.6 Å². The fraction of sp³-hybridized carbons (Fsp3) is 0.750. The van der Waals surface area contributed by atoms with Gasteiger partial charge in [-0.15, -0.1) is 11.3 Å². The lowest BCUT2D eigenvalue weighted by molar-refractivity contribution is -0.139. The number of carbonyl (C=O) groups excluding carboxylic acids is 1. The molecule has 1 aromatic heterocycles. The van der Waals surface area contributed by atoms with E-state index in [2.05, 4.69) is 23.7 Å². The highest BCUT2D eigenvalue weighted by molar-refractivity contribution is 7.09. The minimum atomic E-state index is -0.915. The zero-order valence-electron chi connectivity index (χ0n) is 14.2. The van der Waals surface area contributed by atoms with Crippen molar-refractivity contribution in [3.05, 3.63) is 16.1 Å². The molecule has 130 valence electrons. The van der Waals surface area contributed by atoms with Gasteiger partial charge in [0.15, 0.2) is 0 Å². The van der Waals surface area contributed by atoms with Crippen molar-refractivity contribution in [1.82, 2.24) is 14.8 Å². The van der Waals surface area contributed by atoms with Gasteiger partial charge in [0.25, 0.3) is 0 Å². The van der Waals surface area contributed by atoms with Gasteiger partial charge in [0, 0.05) is 25.6 Å². The summed E-state index contributed by atoms with van der Waals surface area (Å²) >= 11 is 1.60. The van der Waals surface area contributed by atoms with Gasteiger partial charge in [-0.05, 0) is 25.9 Å². The molecule has 1 aliphatic rings.